The largest absolute Gasteiger partial charge is 0.446 e. The number of hydrogen-bond donors (Lipinski definition) is 1. The highest BCUT2D eigenvalue weighted by atomic mass is 32.2. The highest BCUT2D eigenvalue weighted by Gasteiger charge is 2.29. The average molecular weight is 291 g/mol. The third kappa shape index (κ3) is 4.98. The van der Waals surface area contributed by atoms with Crippen molar-refractivity contribution in [3.05, 3.63) is 0 Å². The first-order valence-corrected chi connectivity index (χ1v) is 7.34. The summed E-state index contributed by atoms with van der Waals surface area (Å²) in [5.41, 5.74) is 0. The molecule has 1 N–H and O–H groups in total. The Morgan fingerprint density at radius 2 is 2.00 bits per heavy atom. The zero-order valence-electron chi connectivity index (χ0n) is 10.8. The summed E-state index contributed by atoms with van der Waals surface area (Å²) >= 11 is 0. The van der Waals surface area contributed by atoms with E-state index in [0.717, 1.165) is 4.31 Å². The van der Waals surface area contributed by atoms with Crippen LogP contribution in [0.2, 0.25) is 0 Å². The van der Waals surface area contributed by atoms with E-state index in [9.17, 15) is 18.0 Å². The van der Waals surface area contributed by atoms with E-state index in [2.05, 4.69) is 4.99 Å². The van der Waals surface area contributed by atoms with E-state index in [1.54, 1.807) is 13.8 Å². The number of nitrogens with one attached hydrogen (secondary N) is 1. The molecule has 0 atom stereocenters. The predicted molar refractivity (Wildman–Crippen MR) is 66.4 cm³/mol. The molecule has 1 amide bonds. The summed E-state index contributed by atoms with van der Waals surface area (Å²) in [6.45, 7) is 3.63. The molecule has 0 bridgehead atoms. The first kappa shape index (κ1) is 15.6. The van der Waals surface area contributed by atoms with Crippen molar-refractivity contribution in [2.75, 3.05) is 13.1 Å². The van der Waals surface area contributed by atoms with E-state index in [1.165, 1.54) is 6.08 Å². The lowest BCUT2D eigenvalue weighted by Crippen LogP contribution is -2.47. The fourth-order valence-electron chi connectivity index (χ4n) is 1.69. The van der Waals surface area contributed by atoms with Crippen molar-refractivity contribution in [2.24, 2.45) is 4.99 Å². The van der Waals surface area contributed by atoms with Gasteiger partial charge in [0.05, 0.1) is 12.1 Å². The lowest BCUT2D eigenvalue weighted by Gasteiger charge is -2.28. The maximum atomic E-state index is 11.8. The second-order valence-electron chi connectivity index (χ2n) is 4.41. The lowest BCUT2D eigenvalue weighted by molar-refractivity contribution is 0.121. The van der Waals surface area contributed by atoms with E-state index in [0.29, 0.717) is 12.8 Å². The number of rotatable bonds is 4. The number of carbonyl (C=O) groups is 1. The summed E-state index contributed by atoms with van der Waals surface area (Å²) < 4.78 is 31.4. The lowest BCUT2D eigenvalue weighted by atomic mass is 10.1. The van der Waals surface area contributed by atoms with E-state index in [-0.39, 0.29) is 19.1 Å². The highest BCUT2D eigenvalue weighted by molar-refractivity contribution is 7.87. The zero-order chi connectivity index (χ0) is 14.5. The molecule has 1 fully saturated rings. The molecule has 1 heterocycles. The number of nitrogens with zero attached hydrogens (tertiary/aromatic N) is 2. The van der Waals surface area contributed by atoms with E-state index < -0.39 is 22.4 Å². The Kier molecular flexibility index (Phi) is 5.46. The molecule has 108 valence electrons. The second kappa shape index (κ2) is 6.65. The van der Waals surface area contributed by atoms with Gasteiger partial charge in [-0.2, -0.15) is 12.7 Å². The molecule has 0 aromatic heterocycles. The van der Waals surface area contributed by atoms with Crippen LogP contribution >= 0.6 is 0 Å². The molecule has 0 aromatic carbocycles. The minimum atomic E-state index is -3.90. The van der Waals surface area contributed by atoms with Crippen LogP contribution in [0.15, 0.2) is 4.99 Å². The Morgan fingerprint density at radius 1 is 1.42 bits per heavy atom. The van der Waals surface area contributed by atoms with Gasteiger partial charge in [0.15, 0.2) is 0 Å². The van der Waals surface area contributed by atoms with Crippen LogP contribution < -0.4 is 4.72 Å². The van der Waals surface area contributed by atoms with Crippen LogP contribution in [0, 0.1) is 0 Å². The Balaban J connectivity index is 2.55. The van der Waals surface area contributed by atoms with Crippen LogP contribution in [0.3, 0.4) is 0 Å². The van der Waals surface area contributed by atoms with Crippen LogP contribution in [0.4, 0.5) is 4.79 Å². The number of ether oxygens (including phenoxy) is 1. The summed E-state index contributed by atoms with van der Waals surface area (Å²) in [7, 11) is -3.90. The summed E-state index contributed by atoms with van der Waals surface area (Å²) in [6.07, 6.45) is 0.917. The van der Waals surface area contributed by atoms with Gasteiger partial charge in [-0.3, -0.25) is 0 Å². The summed E-state index contributed by atoms with van der Waals surface area (Å²) in [5, 5.41) is 0. The van der Waals surface area contributed by atoms with Crippen molar-refractivity contribution in [2.45, 2.75) is 38.8 Å². The van der Waals surface area contributed by atoms with Crippen molar-refractivity contribution in [1.82, 2.24) is 9.03 Å². The maximum absolute atomic E-state index is 11.8. The van der Waals surface area contributed by atoms with Crippen LogP contribution in [0.5, 0.6) is 0 Å². The predicted octanol–water partition coefficient (Wildman–Crippen LogP) is 0.166. The van der Waals surface area contributed by atoms with E-state index in [4.69, 9.17) is 4.74 Å². The number of piperidine rings is 1. The van der Waals surface area contributed by atoms with Crippen LogP contribution in [0.25, 0.3) is 0 Å². The Bertz CT molecular complexity index is 462. The van der Waals surface area contributed by atoms with Gasteiger partial charge in [0.25, 0.3) is 0 Å². The third-order valence-electron chi connectivity index (χ3n) is 2.55. The maximum Gasteiger partial charge on any atom is 0.422 e. The summed E-state index contributed by atoms with van der Waals surface area (Å²) in [6, 6.07) is -0.202. The molecule has 0 aliphatic carbocycles. The van der Waals surface area contributed by atoms with Crippen molar-refractivity contribution >= 4 is 22.4 Å². The molecule has 1 rings (SSSR count). The fourth-order valence-corrected chi connectivity index (χ4v) is 2.77. The third-order valence-corrected chi connectivity index (χ3v) is 4.02. The van der Waals surface area contributed by atoms with Crippen LogP contribution in [0.1, 0.15) is 26.7 Å². The minimum Gasteiger partial charge on any atom is -0.446 e. The first-order chi connectivity index (χ1) is 8.85. The Hall–Kier alpha value is -1.44. The zero-order valence-corrected chi connectivity index (χ0v) is 11.6. The van der Waals surface area contributed by atoms with Gasteiger partial charge in [0, 0.05) is 13.1 Å². The molecule has 1 aliphatic rings. The van der Waals surface area contributed by atoms with E-state index in [1.807, 2.05) is 4.72 Å². The number of amides is 1. The SMILES string of the molecule is CC(C)OC(=O)NS(=O)(=O)N1CCC(N=C=O)CC1. The molecular weight excluding hydrogens is 274 g/mol. The normalized spacial score (nSPS) is 17.8. The molecule has 0 aromatic rings. The number of isocyanates is 1. The smallest absolute Gasteiger partial charge is 0.422 e. The van der Waals surface area contributed by atoms with Gasteiger partial charge in [-0.15, -0.1) is 0 Å². The summed E-state index contributed by atoms with van der Waals surface area (Å²) in [4.78, 5) is 24.9. The summed E-state index contributed by atoms with van der Waals surface area (Å²) in [5.74, 6) is 0. The molecule has 19 heavy (non-hydrogen) atoms. The molecule has 0 spiro atoms. The average Bonchev–Trinajstić information content (AvgIpc) is 2.28. The molecule has 0 saturated carbocycles. The van der Waals surface area contributed by atoms with Gasteiger partial charge in [0.2, 0.25) is 6.08 Å². The molecule has 1 aliphatic heterocycles. The van der Waals surface area contributed by atoms with Gasteiger partial charge in [-0.05, 0) is 26.7 Å². The van der Waals surface area contributed by atoms with Crippen molar-refractivity contribution in [3.63, 3.8) is 0 Å². The fraction of sp³-hybridized carbons (Fsp3) is 0.800. The first-order valence-electron chi connectivity index (χ1n) is 5.90. The number of hydrogen-bond acceptors (Lipinski definition) is 6. The molecule has 0 unspecified atom stereocenters. The van der Waals surface area contributed by atoms with Gasteiger partial charge in [-0.1, -0.05) is 0 Å². The Morgan fingerprint density at radius 3 is 2.47 bits per heavy atom. The van der Waals surface area contributed by atoms with Crippen molar-refractivity contribution < 1.29 is 22.7 Å². The quantitative estimate of drug-likeness (QED) is 0.587. The topological polar surface area (TPSA) is 105 Å². The van der Waals surface area contributed by atoms with Gasteiger partial charge < -0.3 is 4.74 Å². The molecular formula is C10H17N3O5S. The van der Waals surface area contributed by atoms with E-state index >= 15 is 0 Å². The Labute approximate surface area is 112 Å². The standard InChI is InChI=1S/C10H17N3O5S/c1-8(2)18-10(15)12-19(16,17)13-5-3-9(4-6-13)11-7-14/h8-9H,3-6H2,1-2H3,(H,12,15). The molecule has 8 nitrogen and oxygen atoms in total. The van der Waals surface area contributed by atoms with Crippen molar-refractivity contribution in [1.29, 1.82) is 0 Å². The minimum absolute atomic E-state index is 0.195. The second-order valence-corrected chi connectivity index (χ2v) is 6.08. The molecule has 9 heteroatoms. The van der Waals surface area contributed by atoms with Crippen LogP contribution in [-0.2, 0) is 19.7 Å². The van der Waals surface area contributed by atoms with Crippen molar-refractivity contribution in [3.8, 4) is 0 Å². The molecule has 1 saturated heterocycles. The number of carbonyl (C=O) groups excluding carboxylic acids is 2. The number of aliphatic imine (C=N–C) groups is 1. The van der Waals surface area contributed by atoms with Gasteiger partial charge in [-0.25, -0.2) is 19.3 Å². The van der Waals surface area contributed by atoms with Gasteiger partial charge >= 0.3 is 16.3 Å². The highest BCUT2D eigenvalue weighted by Crippen LogP contribution is 2.15. The molecule has 0 radical (unpaired) electrons. The van der Waals surface area contributed by atoms with Crippen LogP contribution in [-0.4, -0.2) is 50.1 Å². The monoisotopic (exact) mass is 291 g/mol. The van der Waals surface area contributed by atoms with Gasteiger partial charge in [0.1, 0.15) is 0 Å².